The van der Waals surface area contributed by atoms with Crippen molar-refractivity contribution in [2.45, 2.75) is 26.0 Å². The lowest BCUT2D eigenvalue weighted by atomic mass is 9.94. The van der Waals surface area contributed by atoms with E-state index >= 15 is 0 Å². The van der Waals surface area contributed by atoms with E-state index in [2.05, 4.69) is 20.8 Å². The lowest BCUT2D eigenvalue weighted by Crippen LogP contribution is -2.38. The van der Waals surface area contributed by atoms with Crippen LogP contribution < -0.4 is 4.74 Å². The van der Waals surface area contributed by atoms with Gasteiger partial charge < -0.3 is 19.5 Å². The number of rotatable bonds is 9. The number of ketones is 1. The molecular formula is C32H33BrN2O5. The molecule has 2 aliphatic heterocycles. The summed E-state index contributed by atoms with van der Waals surface area (Å²) in [5, 5.41) is 11.5. The van der Waals surface area contributed by atoms with E-state index in [0.29, 0.717) is 44.1 Å². The van der Waals surface area contributed by atoms with Crippen molar-refractivity contribution in [3.8, 4) is 5.75 Å². The van der Waals surface area contributed by atoms with E-state index in [1.165, 1.54) is 0 Å². The van der Waals surface area contributed by atoms with Gasteiger partial charge in [-0.25, -0.2) is 0 Å². The van der Waals surface area contributed by atoms with E-state index in [9.17, 15) is 14.7 Å². The second kappa shape index (κ2) is 12.8. The van der Waals surface area contributed by atoms with Crippen molar-refractivity contribution < 1.29 is 24.2 Å². The Morgan fingerprint density at radius 1 is 1.00 bits per heavy atom. The van der Waals surface area contributed by atoms with Gasteiger partial charge in [0.2, 0.25) is 0 Å². The number of aliphatic hydroxyl groups excluding tert-OH is 1. The summed E-state index contributed by atoms with van der Waals surface area (Å²) in [6, 6.07) is 22.1. The van der Waals surface area contributed by atoms with Crippen LogP contribution in [-0.2, 0) is 20.9 Å². The molecule has 0 saturated carbocycles. The van der Waals surface area contributed by atoms with Gasteiger partial charge in [0.05, 0.1) is 24.8 Å². The van der Waals surface area contributed by atoms with Gasteiger partial charge in [-0.2, -0.15) is 0 Å². The van der Waals surface area contributed by atoms with Gasteiger partial charge >= 0.3 is 0 Å². The van der Waals surface area contributed by atoms with E-state index < -0.39 is 17.7 Å². The number of likely N-dealkylation sites (tertiary alicyclic amines) is 1. The van der Waals surface area contributed by atoms with Gasteiger partial charge in [-0.05, 0) is 60.4 Å². The zero-order chi connectivity index (χ0) is 28.1. The number of carbonyl (C=O) groups excluding carboxylic acids is 2. The number of aliphatic hydroxyl groups is 1. The molecule has 208 valence electrons. The maximum Gasteiger partial charge on any atom is 0.295 e. The number of amides is 1. The summed E-state index contributed by atoms with van der Waals surface area (Å²) in [6.07, 6.45) is 0.712. The fourth-order valence-electron chi connectivity index (χ4n) is 5.30. The van der Waals surface area contributed by atoms with Crippen LogP contribution in [-0.4, -0.2) is 66.0 Å². The van der Waals surface area contributed by atoms with Crippen molar-refractivity contribution in [3.63, 3.8) is 0 Å². The Morgan fingerprint density at radius 3 is 2.50 bits per heavy atom. The first-order valence-electron chi connectivity index (χ1n) is 13.5. The van der Waals surface area contributed by atoms with Crippen LogP contribution in [0.3, 0.4) is 0 Å². The minimum atomic E-state index is -0.685. The Hall–Kier alpha value is -3.46. The second-order valence-corrected chi connectivity index (χ2v) is 11.0. The molecule has 0 aliphatic carbocycles. The number of Topliss-reactive ketones (excluding diaryl/α,β-unsaturated/α-hetero) is 1. The Kier molecular flexibility index (Phi) is 8.99. The molecule has 1 N–H and O–H groups in total. The molecule has 3 aromatic rings. The Balaban J connectivity index is 1.42. The number of morpholine rings is 1. The summed E-state index contributed by atoms with van der Waals surface area (Å²) in [7, 11) is 0. The number of nitrogens with zero attached hydrogens (tertiary/aromatic N) is 2. The van der Waals surface area contributed by atoms with Crippen molar-refractivity contribution in [3.05, 3.63) is 105 Å². The van der Waals surface area contributed by atoms with Crippen LogP contribution in [0.2, 0.25) is 0 Å². The molecule has 3 aromatic carbocycles. The molecule has 40 heavy (non-hydrogen) atoms. The van der Waals surface area contributed by atoms with E-state index in [1.807, 2.05) is 67.6 Å². The molecule has 0 spiro atoms. The first kappa shape index (κ1) is 28.1. The topological polar surface area (TPSA) is 79.3 Å². The predicted octanol–water partition coefficient (Wildman–Crippen LogP) is 5.48. The summed E-state index contributed by atoms with van der Waals surface area (Å²) in [5.41, 5.74) is 3.17. The quantitative estimate of drug-likeness (QED) is 0.198. The molecule has 7 nitrogen and oxygen atoms in total. The fraction of sp³-hybridized carbons (Fsp3) is 0.312. The number of hydrogen-bond acceptors (Lipinski definition) is 6. The summed E-state index contributed by atoms with van der Waals surface area (Å²) < 4.78 is 12.2. The molecule has 2 aliphatic rings. The molecule has 1 unspecified atom stereocenters. The predicted molar refractivity (Wildman–Crippen MR) is 157 cm³/mol. The van der Waals surface area contributed by atoms with E-state index in [4.69, 9.17) is 9.47 Å². The lowest BCUT2D eigenvalue weighted by molar-refractivity contribution is -0.140. The third-order valence-electron chi connectivity index (χ3n) is 7.38. The number of hydrogen-bond donors (Lipinski definition) is 1. The molecule has 2 heterocycles. The van der Waals surface area contributed by atoms with Crippen LogP contribution in [0.4, 0.5) is 0 Å². The summed E-state index contributed by atoms with van der Waals surface area (Å²) in [4.78, 5) is 30.7. The van der Waals surface area contributed by atoms with Crippen molar-refractivity contribution in [1.29, 1.82) is 0 Å². The Morgan fingerprint density at radius 2 is 1.77 bits per heavy atom. The maximum absolute atomic E-state index is 13.4. The highest BCUT2D eigenvalue weighted by Crippen LogP contribution is 2.41. The van der Waals surface area contributed by atoms with Gasteiger partial charge in [-0.3, -0.25) is 14.5 Å². The summed E-state index contributed by atoms with van der Waals surface area (Å²) in [6.45, 7) is 6.62. The molecule has 0 aromatic heterocycles. The molecular weight excluding hydrogens is 572 g/mol. The van der Waals surface area contributed by atoms with Gasteiger partial charge in [0.1, 0.15) is 18.1 Å². The molecule has 2 fully saturated rings. The first-order valence-corrected chi connectivity index (χ1v) is 14.3. The van der Waals surface area contributed by atoms with Crippen LogP contribution in [0, 0.1) is 6.92 Å². The molecule has 0 radical (unpaired) electrons. The first-order chi connectivity index (χ1) is 19.4. The van der Waals surface area contributed by atoms with Gasteiger partial charge in [0.15, 0.2) is 0 Å². The minimum Gasteiger partial charge on any atom is -0.507 e. The third-order valence-corrected chi connectivity index (χ3v) is 7.88. The van der Waals surface area contributed by atoms with Gasteiger partial charge in [0.25, 0.3) is 11.7 Å². The third kappa shape index (κ3) is 6.30. The SMILES string of the molecule is Cc1cc(OCc2ccccc2)ccc1/C(O)=C1\C(=O)C(=O)N(CCCN2CCOCC2)C1c1cccc(Br)c1. The van der Waals surface area contributed by atoms with E-state index in [-0.39, 0.29) is 11.3 Å². The van der Waals surface area contributed by atoms with Crippen LogP contribution in [0.5, 0.6) is 5.75 Å². The molecule has 2 saturated heterocycles. The van der Waals surface area contributed by atoms with Crippen molar-refractivity contribution in [2.75, 3.05) is 39.4 Å². The average Bonchev–Trinajstić information content (AvgIpc) is 3.22. The number of ether oxygens (including phenoxy) is 2. The van der Waals surface area contributed by atoms with Crippen LogP contribution in [0.25, 0.3) is 5.76 Å². The number of benzene rings is 3. The zero-order valence-electron chi connectivity index (χ0n) is 22.5. The molecule has 1 amide bonds. The Labute approximate surface area is 243 Å². The van der Waals surface area contributed by atoms with E-state index in [1.54, 1.807) is 17.0 Å². The van der Waals surface area contributed by atoms with E-state index in [0.717, 1.165) is 40.8 Å². The normalized spacial score (nSPS) is 19.2. The maximum atomic E-state index is 13.4. The van der Waals surface area contributed by atoms with Crippen LogP contribution in [0.1, 0.15) is 34.7 Å². The highest BCUT2D eigenvalue weighted by molar-refractivity contribution is 9.10. The van der Waals surface area contributed by atoms with Crippen molar-refractivity contribution >= 4 is 33.4 Å². The highest BCUT2D eigenvalue weighted by atomic mass is 79.9. The molecule has 8 heteroatoms. The number of aryl methyl sites for hydroxylation is 1. The van der Waals surface area contributed by atoms with Crippen LogP contribution in [0.15, 0.2) is 82.8 Å². The highest BCUT2D eigenvalue weighted by Gasteiger charge is 2.46. The largest absolute Gasteiger partial charge is 0.507 e. The summed E-state index contributed by atoms with van der Waals surface area (Å²) in [5.74, 6) is -0.775. The summed E-state index contributed by atoms with van der Waals surface area (Å²) >= 11 is 3.52. The average molecular weight is 606 g/mol. The lowest BCUT2D eigenvalue weighted by Gasteiger charge is -2.29. The molecule has 5 rings (SSSR count). The molecule has 0 bridgehead atoms. The zero-order valence-corrected chi connectivity index (χ0v) is 24.1. The van der Waals surface area contributed by atoms with Crippen LogP contribution >= 0.6 is 15.9 Å². The monoisotopic (exact) mass is 604 g/mol. The van der Waals surface area contributed by atoms with Crippen molar-refractivity contribution in [1.82, 2.24) is 9.80 Å². The van der Waals surface area contributed by atoms with Gasteiger partial charge in [0, 0.05) is 36.2 Å². The smallest absolute Gasteiger partial charge is 0.295 e. The fourth-order valence-corrected chi connectivity index (χ4v) is 5.72. The number of halogens is 1. The second-order valence-electron chi connectivity index (χ2n) is 10.1. The number of carbonyl (C=O) groups is 2. The van der Waals surface area contributed by atoms with Gasteiger partial charge in [-0.15, -0.1) is 0 Å². The van der Waals surface area contributed by atoms with Crippen molar-refractivity contribution in [2.24, 2.45) is 0 Å². The molecule has 1 atom stereocenters. The minimum absolute atomic E-state index is 0.107. The van der Waals surface area contributed by atoms with Gasteiger partial charge in [-0.1, -0.05) is 58.4 Å². The Bertz CT molecular complexity index is 1400. The standard InChI is InChI=1S/C32H33BrN2O5/c1-22-19-26(40-21-23-7-3-2-4-8-23)11-12-27(22)30(36)28-29(24-9-5-10-25(33)20-24)35(32(38)31(28)37)14-6-13-34-15-17-39-18-16-34/h2-5,7-12,19-20,29,36H,6,13-18,21H2,1H3/b30-28+.